The minimum absolute atomic E-state index is 0.0238. The quantitative estimate of drug-likeness (QED) is 0.372. The van der Waals surface area contributed by atoms with Crippen molar-refractivity contribution in [2.45, 2.75) is 13.5 Å². The van der Waals surface area contributed by atoms with Crippen molar-refractivity contribution in [3.63, 3.8) is 0 Å². The molecule has 2 aromatic carbocycles. The number of aliphatic hydroxyl groups is 2. The summed E-state index contributed by atoms with van der Waals surface area (Å²) >= 11 is 1.32. The number of para-hydroxylation sites is 1. The number of nitrogens with zero attached hydrogens (tertiary/aromatic N) is 4. The van der Waals surface area contributed by atoms with E-state index in [1.165, 1.54) is 11.8 Å². The van der Waals surface area contributed by atoms with Crippen LogP contribution in [0.15, 0.2) is 71.0 Å². The molecule has 31 heavy (non-hydrogen) atoms. The number of carbonyl (C=O) groups excluding carboxylic acids is 1. The summed E-state index contributed by atoms with van der Waals surface area (Å²) in [6, 6.07) is 17.5. The van der Waals surface area contributed by atoms with Gasteiger partial charge in [0.25, 0.3) is 0 Å². The molecule has 1 heterocycles. The number of aromatic nitrogens is 1. The van der Waals surface area contributed by atoms with Crippen molar-refractivity contribution in [2.75, 3.05) is 37.0 Å². The number of fused-ring (bicyclic) bond motifs is 1. The van der Waals surface area contributed by atoms with Gasteiger partial charge in [-0.05, 0) is 30.3 Å². The van der Waals surface area contributed by atoms with Crippen molar-refractivity contribution >= 4 is 44.8 Å². The summed E-state index contributed by atoms with van der Waals surface area (Å²) < 4.78 is 2.12. The number of hydrogen-bond donors (Lipinski definition) is 2. The zero-order valence-corrected chi connectivity index (χ0v) is 18.3. The van der Waals surface area contributed by atoms with E-state index < -0.39 is 0 Å². The summed E-state index contributed by atoms with van der Waals surface area (Å²) in [6.07, 6.45) is 1.97. The second-order valence-electron chi connectivity index (χ2n) is 6.90. The number of azo groups is 1. The SMILES string of the molecule is CC(=O)SCC[n+]1ccc(/N=N/c2ccc(N(CCO)CCO)cc2)c2ccccc21. The first-order valence-electron chi connectivity index (χ1n) is 10.2. The summed E-state index contributed by atoms with van der Waals surface area (Å²) in [7, 11) is 0. The highest BCUT2D eigenvalue weighted by atomic mass is 32.2. The molecular weight excluding hydrogens is 412 g/mol. The lowest BCUT2D eigenvalue weighted by Gasteiger charge is -2.22. The molecule has 0 fully saturated rings. The Kier molecular flexibility index (Phi) is 8.52. The molecule has 0 saturated heterocycles. The van der Waals surface area contributed by atoms with Gasteiger partial charge < -0.3 is 15.1 Å². The maximum absolute atomic E-state index is 11.2. The molecule has 0 bridgehead atoms. The Bertz CT molecular complexity index is 1030. The second-order valence-corrected chi connectivity index (χ2v) is 8.17. The van der Waals surface area contributed by atoms with Crippen LogP contribution in [0.25, 0.3) is 10.9 Å². The van der Waals surface area contributed by atoms with Crippen molar-refractivity contribution in [3.8, 4) is 0 Å². The molecule has 0 aliphatic rings. The van der Waals surface area contributed by atoms with Gasteiger partial charge in [0.2, 0.25) is 5.52 Å². The van der Waals surface area contributed by atoms with Gasteiger partial charge in [-0.25, -0.2) is 0 Å². The van der Waals surface area contributed by atoms with Crippen LogP contribution in [-0.2, 0) is 11.3 Å². The van der Waals surface area contributed by atoms with Crippen LogP contribution in [0.1, 0.15) is 6.92 Å². The van der Waals surface area contributed by atoms with E-state index in [2.05, 4.69) is 14.8 Å². The number of thioether (sulfide) groups is 1. The van der Waals surface area contributed by atoms with Crippen LogP contribution in [0.4, 0.5) is 17.1 Å². The van der Waals surface area contributed by atoms with E-state index in [0.717, 1.165) is 40.3 Å². The molecule has 162 valence electrons. The van der Waals surface area contributed by atoms with Crippen molar-refractivity contribution in [3.05, 3.63) is 60.8 Å². The van der Waals surface area contributed by atoms with E-state index in [4.69, 9.17) is 0 Å². The summed E-state index contributed by atoms with van der Waals surface area (Å²) in [4.78, 5) is 13.1. The minimum Gasteiger partial charge on any atom is -0.395 e. The van der Waals surface area contributed by atoms with Gasteiger partial charge in [0.15, 0.2) is 17.9 Å². The molecule has 1 aromatic heterocycles. The lowest BCUT2D eigenvalue weighted by Crippen LogP contribution is -2.35. The molecule has 8 heteroatoms. The van der Waals surface area contributed by atoms with E-state index in [1.54, 1.807) is 6.92 Å². The number of hydrogen-bond acceptors (Lipinski definition) is 7. The van der Waals surface area contributed by atoms with Gasteiger partial charge in [-0.2, -0.15) is 9.68 Å². The average Bonchev–Trinajstić information content (AvgIpc) is 2.78. The number of aliphatic hydroxyl groups excluding tert-OH is 2. The summed E-state index contributed by atoms with van der Waals surface area (Å²) in [5.41, 5.74) is 3.45. The molecule has 0 saturated carbocycles. The Morgan fingerprint density at radius 3 is 2.39 bits per heavy atom. The van der Waals surface area contributed by atoms with Crippen molar-refractivity contribution in [1.82, 2.24) is 0 Å². The standard InChI is InChI=1S/C23H27N4O3S/c1-18(30)31-17-14-27-11-10-22(21-4-2-3-5-23(21)27)25-24-19-6-8-20(9-7-19)26(12-15-28)13-16-29/h2-11,28-29H,12-17H2,1H3/q+1. The van der Waals surface area contributed by atoms with Crippen LogP contribution < -0.4 is 9.47 Å². The molecule has 3 rings (SSSR count). The predicted molar refractivity (Wildman–Crippen MR) is 124 cm³/mol. The van der Waals surface area contributed by atoms with Gasteiger partial charge in [-0.1, -0.05) is 23.9 Å². The smallest absolute Gasteiger partial charge is 0.214 e. The van der Waals surface area contributed by atoms with E-state index in [-0.39, 0.29) is 18.3 Å². The lowest BCUT2D eigenvalue weighted by atomic mass is 10.2. The summed E-state index contributed by atoms with van der Waals surface area (Å²) in [6.45, 7) is 3.29. The highest BCUT2D eigenvalue weighted by Crippen LogP contribution is 2.26. The molecular formula is C23H27N4O3S+. The highest BCUT2D eigenvalue weighted by Gasteiger charge is 2.12. The number of rotatable bonds is 10. The highest BCUT2D eigenvalue weighted by molar-refractivity contribution is 8.13. The molecule has 0 aliphatic carbocycles. The first-order valence-corrected chi connectivity index (χ1v) is 11.1. The van der Waals surface area contributed by atoms with E-state index in [9.17, 15) is 15.0 Å². The molecule has 2 N–H and O–H groups in total. The van der Waals surface area contributed by atoms with Crippen molar-refractivity contribution in [2.24, 2.45) is 10.2 Å². The van der Waals surface area contributed by atoms with Gasteiger partial charge in [0.1, 0.15) is 5.69 Å². The topological polar surface area (TPSA) is 89.4 Å². The number of aryl methyl sites for hydroxylation is 1. The maximum atomic E-state index is 11.2. The molecule has 0 amide bonds. The summed E-state index contributed by atoms with van der Waals surface area (Å²) in [5.74, 6) is 0.723. The van der Waals surface area contributed by atoms with Crippen molar-refractivity contribution < 1.29 is 19.6 Å². The average molecular weight is 440 g/mol. The van der Waals surface area contributed by atoms with Crippen molar-refractivity contribution in [1.29, 1.82) is 0 Å². The third-order valence-corrected chi connectivity index (χ3v) is 5.56. The number of anilines is 1. The van der Waals surface area contributed by atoms with Gasteiger partial charge in [0.05, 0.1) is 30.0 Å². The largest absolute Gasteiger partial charge is 0.395 e. The van der Waals surface area contributed by atoms with E-state index in [1.807, 2.05) is 65.7 Å². The predicted octanol–water partition coefficient (Wildman–Crippen LogP) is 3.61. The van der Waals surface area contributed by atoms with Crippen LogP contribution in [0.2, 0.25) is 0 Å². The zero-order chi connectivity index (χ0) is 22.1. The Hall–Kier alpha value is -2.81. The molecule has 0 spiro atoms. The first kappa shape index (κ1) is 22.9. The molecule has 0 aliphatic heterocycles. The number of pyridine rings is 1. The van der Waals surface area contributed by atoms with Crippen LogP contribution >= 0.6 is 11.8 Å². The maximum Gasteiger partial charge on any atom is 0.214 e. The van der Waals surface area contributed by atoms with E-state index in [0.29, 0.717) is 13.1 Å². The Labute approximate surface area is 186 Å². The molecule has 7 nitrogen and oxygen atoms in total. The molecule has 3 aromatic rings. The van der Waals surface area contributed by atoms with Gasteiger partial charge in [-0.3, -0.25) is 4.79 Å². The number of carbonyl (C=O) groups is 1. The van der Waals surface area contributed by atoms with Gasteiger partial charge >= 0.3 is 0 Å². The number of benzene rings is 2. The van der Waals surface area contributed by atoms with Crippen LogP contribution in [0.5, 0.6) is 0 Å². The normalized spacial score (nSPS) is 11.3. The lowest BCUT2D eigenvalue weighted by molar-refractivity contribution is -0.666. The fourth-order valence-corrected chi connectivity index (χ4v) is 3.87. The molecule has 0 unspecified atom stereocenters. The monoisotopic (exact) mass is 439 g/mol. The fraction of sp³-hybridized carbons (Fsp3) is 0.304. The zero-order valence-electron chi connectivity index (χ0n) is 17.5. The second kappa shape index (κ2) is 11.5. The van der Waals surface area contributed by atoms with E-state index >= 15 is 0 Å². The molecule has 0 radical (unpaired) electrons. The Morgan fingerprint density at radius 1 is 1.00 bits per heavy atom. The summed E-state index contributed by atoms with van der Waals surface area (Å²) in [5, 5.41) is 28.3. The Morgan fingerprint density at radius 2 is 1.71 bits per heavy atom. The van der Waals surface area contributed by atoms with Crippen LogP contribution in [0.3, 0.4) is 0 Å². The van der Waals surface area contributed by atoms with Gasteiger partial charge in [0, 0.05) is 37.8 Å². The first-order chi connectivity index (χ1) is 15.1. The molecule has 0 atom stereocenters. The van der Waals surface area contributed by atoms with Gasteiger partial charge in [-0.15, -0.1) is 5.11 Å². The third kappa shape index (κ3) is 6.33. The fourth-order valence-electron chi connectivity index (χ4n) is 3.29. The van der Waals surface area contributed by atoms with Crippen LogP contribution in [-0.4, -0.2) is 47.4 Å². The Balaban J connectivity index is 1.79. The third-order valence-electron chi connectivity index (χ3n) is 4.77. The minimum atomic E-state index is 0.0238. The van der Waals surface area contributed by atoms with Crippen LogP contribution in [0, 0.1) is 0 Å².